The second-order valence-electron chi connectivity index (χ2n) is 2.84. The molecule has 1 aromatic rings. The fraction of sp³-hybridized carbons (Fsp3) is 0.273. The second kappa shape index (κ2) is 5.38. The van der Waals surface area contributed by atoms with Crippen LogP contribution in [0, 0.1) is 11.3 Å². The summed E-state index contributed by atoms with van der Waals surface area (Å²) in [6.45, 7) is 1.92. The Morgan fingerprint density at radius 1 is 1.56 bits per heavy atom. The first-order valence-electron chi connectivity index (χ1n) is 4.59. The summed E-state index contributed by atoms with van der Waals surface area (Å²) in [6, 6.07) is 4.89. The molecule has 0 fully saturated rings. The first kappa shape index (κ1) is 12.3. The van der Waals surface area contributed by atoms with Crippen LogP contribution >= 0.6 is 11.6 Å². The van der Waals surface area contributed by atoms with Gasteiger partial charge in [-0.1, -0.05) is 11.6 Å². The van der Waals surface area contributed by atoms with Crippen molar-refractivity contribution in [2.24, 2.45) is 0 Å². The fourth-order valence-corrected chi connectivity index (χ4v) is 1.48. The SMILES string of the molecule is CCOC(=O)c1c(OC)ccc(C#N)c1Cl. The van der Waals surface area contributed by atoms with Gasteiger partial charge in [-0.3, -0.25) is 0 Å². The summed E-state index contributed by atoms with van der Waals surface area (Å²) in [5.41, 5.74) is 0.301. The van der Waals surface area contributed by atoms with E-state index >= 15 is 0 Å². The van der Waals surface area contributed by atoms with E-state index in [-0.39, 0.29) is 22.8 Å². The number of hydrogen-bond donors (Lipinski definition) is 0. The highest BCUT2D eigenvalue weighted by Crippen LogP contribution is 2.30. The number of nitrogens with zero attached hydrogens (tertiary/aromatic N) is 1. The van der Waals surface area contributed by atoms with Crippen LogP contribution in [-0.2, 0) is 4.74 Å². The molecular weight excluding hydrogens is 230 g/mol. The van der Waals surface area contributed by atoms with Crippen LogP contribution in [0.5, 0.6) is 5.75 Å². The van der Waals surface area contributed by atoms with Gasteiger partial charge < -0.3 is 9.47 Å². The van der Waals surface area contributed by atoms with Crippen LogP contribution in [0.4, 0.5) is 0 Å². The van der Waals surface area contributed by atoms with Crippen molar-refractivity contribution in [1.82, 2.24) is 0 Å². The van der Waals surface area contributed by atoms with Crippen molar-refractivity contribution < 1.29 is 14.3 Å². The Balaban J connectivity index is 3.33. The normalized spacial score (nSPS) is 9.38. The van der Waals surface area contributed by atoms with Gasteiger partial charge in [0.1, 0.15) is 17.4 Å². The van der Waals surface area contributed by atoms with E-state index < -0.39 is 5.97 Å². The molecule has 0 aliphatic carbocycles. The van der Waals surface area contributed by atoms with Crippen LogP contribution in [0.2, 0.25) is 5.02 Å². The van der Waals surface area contributed by atoms with Crippen molar-refractivity contribution in [1.29, 1.82) is 5.26 Å². The number of hydrogen-bond acceptors (Lipinski definition) is 4. The topological polar surface area (TPSA) is 59.3 Å². The van der Waals surface area contributed by atoms with Gasteiger partial charge in [-0.25, -0.2) is 4.79 Å². The van der Waals surface area contributed by atoms with Crippen LogP contribution in [0.1, 0.15) is 22.8 Å². The molecule has 0 heterocycles. The maximum Gasteiger partial charge on any atom is 0.343 e. The van der Waals surface area contributed by atoms with E-state index in [0.29, 0.717) is 5.75 Å². The highest BCUT2D eigenvalue weighted by Gasteiger charge is 2.20. The van der Waals surface area contributed by atoms with Gasteiger partial charge in [0.2, 0.25) is 0 Å². The molecule has 0 amide bonds. The van der Waals surface area contributed by atoms with E-state index in [9.17, 15) is 4.79 Å². The lowest BCUT2D eigenvalue weighted by molar-refractivity contribution is 0.0523. The number of rotatable bonds is 3. The number of nitriles is 1. The molecule has 0 aliphatic rings. The van der Waals surface area contributed by atoms with E-state index in [1.165, 1.54) is 19.2 Å². The number of ether oxygens (including phenoxy) is 2. The quantitative estimate of drug-likeness (QED) is 0.760. The minimum absolute atomic E-state index is 0.0558. The highest BCUT2D eigenvalue weighted by atomic mass is 35.5. The Bertz CT molecular complexity index is 451. The van der Waals surface area contributed by atoms with Gasteiger partial charge in [0.15, 0.2) is 0 Å². The van der Waals surface area contributed by atoms with Crippen LogP contribution in [0.25, 0.3) is 0 Å². The van der Waals surface area contributed by atoms with E-state index in [0.717, 1.165) is 0 Å². The first-order valence-corrected chi connectivity index (χ1v) is 4.97. The third kappa shape index (κ3) is 2.26. The number of carbonyl (C=O) groups excluding carboxylic acids is 1. The second-order valence-corrected chi connectivity index (χ2v) is 3.21. The third-order valence-electron chi connectivity index (χ3n) is 1.92. The number of esters is 1. The van der Waals surface area contributed by atoms with E-state index in [1.54, 1.807) is 6.92 Å². The molecule has 0 spiro atoms. The summed E-state index contributed by atoms with van der Waals surface area (Å²) in [4.78, 5) is 11.6. The van der Waals surface area contributed by atoms with Gasteiger partial charge in [0, 0.05) is 0 Å². The minimum atomic E-state index is -0.596. The number of methoxy groups -OCH3 is 1. The molecule has 4 nitrogen and oxygen atoms in total. The van der Waals surface area contributed by atoms with E-state index in [4.69, 9.17) is 26.3 Å². The van der Waals surface area contributed by atoms with Gasteiger partial charge in [-0.05, 0) is 19.1 Å². The van der Waals surface area contributed by atoms with Crippen molar-refractivity contribution in [2.45, 2.75) is 6.92 Å². The Kier molecular flexibility index (Phi) is 4.15. The standard InChI is InChI=1S/C11H10ClNO3/c1-3-16-11(14)9-8(15-2)5-4-7(6-13)10(9)12/h4-5H,3H2,1-2H3. The summed E-state index contributed by atoms with van der Waals surface area (Å²) in [6.07, 6.45) is 0. The first-order chi connectivity index (χ1) is 7.65. The van der Waals surface area contributed by atoms with Crippen molar-refractivity contribution in [2.75, 3.05) is 13.7 Å². The number of carbonyl (C=O) groups is 1. The monoisotopic (exact) mass is 239 g/mol. The smallest absolute Gasteiger partial charge is 0.343 e. The Morgan fingerprint density at radius 3 is 2.75 bits per heavy atom. The zero-order chi connectivity index (χ0) is 12.1. The molecule has 0 aromatic heterocycles. The molecule has 0 saturated carbocycles. The summed E-state index contributed by atoms with van der Waals surface area (Å²) in [7, 11) is 1.42. The predicted octanol–water partition coefficient (Wildman–Crippen LogP) is 2.40. The summed E-state index contributed by atoms with van der Waals surface area (Å²) in [5.74, 6) is -0.302. The summed E-state index contributed by atoms with van der Waals surface area (Å²) < 4.78 is 9.84. The number of halogens is 1. The highest BCUT2D eigenvalue weighted by molar-refractivity contribution is 6.35. The molecule has 0 atom stereocenters. The van der Waals surface area contributed by atoms with Crippen molar-refractivity contribution in [3.8, 4) is 11.8 Å². The molecular formula is C11H10ClNO3. The molecule has 1 rings (SSSR count). The zero-order valence-electron chi connectivity index (χ0n) is 8.91. The van der Waals surface area contributed by atoms with Crippen LogP contribution < -0.4 is 4.74 Å². The van der Waals surface area contributed by atoms with Gasteiger partial charge in [0.25, 0.3) is 0 Å². The Labute approximate surface area is 98.3 Å². The molecule has 0 bridgehead atoms. The van der Waals surface area contributed by atoms with Gasteiger partial charge >= 0.3 is 5.97 Å². The maximum absolute atomic E-state index is 11.6. The average Bonchev–Trinajstić information content (AvgIpc) is 2.28. The average molecular weight is 240 g/mol. The summed E-state index contributed by atoms with van der Waals surface area (Å²) >= 11 is 5.92. The molecule has 1 aromatic carbocycles. The molecule has 5 heteroatoms. The van der Waals surface area contributed by atoms with Crippen LogP contribution in [0.3, 0.4) is 0 Å². The fourth-order valence-electron chi connectivity index (χ4n) is 1.21. The molecule has 16 heavy (non-hydrogen) atoms. The predicted molar refractivity (Wildman–Crippen MR) is 58.7 cm³/mol. The lowest BCUT2D eigenvalue weighted by Gasteiger charge is -2.10. The maximum atomic E-state index is 11.6. The molecule has 0 aliphatic heterocycles. The van der Waals surface area contributed by atoms with Gasteiger partial charge in [-0.2, -0.15) is 5.26 Å². The molecule has 0 unspecified atom stereocenters. The summed E-state index contributed by atoms with van der Waals surface area (Å²) in [5, 5.41) is 8.85. The molecule has 0 saturated heterocycles. The van der Waals surface area contributed by atoms with E-state index in [2.05, 4.69) is 0 Å². The lowest BCUT2D eigenvalue weighted by Crippen LogP contribution is -2.08. The largest absolute Gasteiger partial charge is 0.496 e. The molecule has 0 radical (unpaired) electrons. The van der Waals surface area contributed by atoms with Crippen molar-refractivity contribution in [3.63, 3.8) is 0 Å². The van der Waals surface area contributed by atoms with E-state index in [1.807, 2.05) is 6.07 Å². The third-order valence-corrected chi connectivity index (χ3v) is 2.32. The Hall–Kier alpha value is -1.73. The van der Waals surface area contributed by atoms with Crippen LogP contribution in [-0.4, -0.2) is 19.7 Å². The number of benzene rings is 1. The zero-order valence-corrected chi connectivity index (χ0v) is 9.67. The van der Waals surface area contributed by atoms with Gasteiger partial charge in [0.05, 0.1) is 24.3 Å². The van der Waals surface area contributed by atoms with Gasteiger partial charge in [-0.15, -0.1) is 0 Å². The minimum Gasteiger partial charge on any atom is -0.496 e. The van der Waals surface area contributed by atoms with Crippen molar-refractivity contribution >= 4 is 17.6 Å². The van der Waals surface area contributed by atoms with Crippen molar-refractivity contribution in [3.05, 3.63) is 28.3 Å². The Morgan fingerprint density at radius 2 is 2.25 bits per heavy atom. The lowest BCUT2D eigenvalue weighted by atomic mass is 10.1. The molecule has 0 N–H and O–H groups in total. The molecule has 84 valence electrons. The van der Waals surface area contributed by atoms with Crippen LogP contribution in [0.15, 0.2) is 12.1 Å².